The Bertz CT molecular complexity index is 1790. The second kappa shape index (κ2) is 37.2. The van der Waals surface area contributed by atoms with E-state index in [1.165, 1.54) is 28.4 Å². The van der Waals surface area contributed by atoms with Crippen molar-refractivity contribution in [2.24, 2.45) is 20.0 Å². The Morgan fingerprint density at radius 1 is 0.438 bits per heavy atom. The van der Waals surface area contributed by atoms with Gasteiger partial charge in [0.05, 0.1) is 64.8 Å². The fourth-order valence-corrected chi connectivity index (χ4v) is 4.66. The third-order valence-electron chi connectivity index (χ3n) is 7.51. The van der Waals surface area contributed by atoms with E-state index in [1.807, 2.05) is 0 Å². The Morgan fingerprint density at radius 3 is 0.797 bits per heavy atom. The summed E-state index contributed by atoms with van der Waals surface area (Å²) in [5.74, 6) is 0.587. The summed E-state index contributed by atoms with van der Waals surface area (Å²) in [6, 6.07) is 20.4. The predicted octanol–water partition coefficient (Wildman–Crippen LogP) is 1.48. The van der Waals surface area contributed by atoms with Crippen molar-refractivity contribution < 1.29 is 126 Å². The van der Waals surface area contributed by atoms with Crippen LogP contribution >= 0.6 is 0 Å². The molecule has 0 atom stereocenters. The Morgan fingerprint density at radius 2 is 0.625 bits per heavy atom. The molecule has 22 nitrogen and oxygen atoms in total. The van der Waals surface area contributed by atoms with Crippen molar-refractivity contribution in [2.75, 3.05) is 80.8 Å². The summed E-state index contributed by atoms with van der Waals surface area (Å²) < 4.78 is 20.0. The average molecular weight is 1190 g/mol. The first kappa shape index (κ1) is 60.9. The maximum absolute atomic E-state index is 11.9. The minimum absolute atomic E-state index is 0. The molecule has 4 rings (SSSR count). The SMILES string of the molecule is COc1cccc(C=NCCNCCN=Cc2cccc(OC)c2[O-])c1[O-].COc1cccc(C=NCCNCCN=Cc2cccc(OC)c2[O-])c1[O-].O=[N+]([O-])[O-].O=[N+]([O-])[O-].[Dy+3].[Dy+3]. The number of nitrogens with zero attached hydrogens (tertiary/aromatic N) is 6. The molecule has 0 spiro atoms. The second-order valence-corrected chi connectivity index (χ2v) is 11.6. The van der Waals surface area contributed by atoms with Gasteiger partial charge in [-0.3, -0.25) is 20.0 Å². The third kappa shape index (κ3) is 25.8. The molecule has 24 heteroatoms. The number of ether oxygens (including phenoxy) is 4. The van der Waals surface area contributed by atoms with Crippen LogP contribution in [0.1, 0.15) is 22.3 Å². The molecule has 0 bridgehead atoms. The van der Waals surface area contributed by atoms with Gasteiger partial charge in [0.1, 0.15) is 23.0 Å². The first-order chi connectivity index (χ1) is 29.8. The Labute approximate surface area is 430 Å². The molecule has 0 saturated carbocycles. The smallest absolute Gasteiger partial charge is 0.870 e. The fourth-order valence-electron chi connectivity index (χ4n) is 4.66. The van der Waals surface area contributed by atoms with Crippen LogP contribution < -0.4 is 50.0 Å². The van der Waals surface area contributed by atoms with Crippen molar-refractivity contribution in [3.05, 3.63) is 126 Å². The predicted molar refractivity (Wildman–Crippen MR) is 226 cm³/mol. The number of methoxy groups -OCH3 is 4. The summed E-state index contributed by atoms with van der Waals surface area (Å²) in [6.07, 6.45) is 6.24. The van der Waals surface area contributed by atoms with Gasteiger partial charge in [-0.2, -0.15) is 0 Å². The van der Waals surface area contributed by atoms with E-state index in [1.54, 1.807) is 97.7 Å². The monoisotopic (exact) mass is 1190 g/mol. The zero-order valence-corrected chi connectivity index (χ0v) is 39.0. The van der Waals surface area contributed by atoms with E-state index < -0.39 is 10.2 Å². The number of para-hydroxylation sites is 4. The van der Waals surface area contributed by atoms with Crippen molar-refractivity contribution in [1.29, 1.82) is 0 Å². The van der Waals surface area contributed by atoms with E-state index in [0.717, 1.165) is 0 Å². The standard InChI is InChI=1S/2C20H25N3O4.2Dy.2NO3/c2*1-26-17-7-3-5-15(19(17)24)13-22-11-9-21-10-12-23-14-16-6-4-8-18(27-2)20(16)25;;;2*2-1(3)4/h2*3-8,13-14,21,24-25H,9-12H2,1-2H3;;;;/q;;2*+3;2*-1/p-4. The van der Waals surface area contributed by atoms with Crippen LogP contribution in [0.5, 0.6) is 46.0 Å². The van der Waals surface area contributed by atoms with Crippen LogP contribution in [0.2, 0.25) is 0 Å². The van der Waals surface area contributed by atoms with Crippen LogP contribution in [0.3, 0.4) is 0 Å². The van der Waals surface area contributed by atoms with Crippen LogP contribution in [0.4, 0.5) is 0 Å². The minimum atomic E-state index is -1.75. The topological polar surface area (TPSA) is 335 Å². The molecule has 0 aliphatic heterocycles. The summed E-state index contributed by atoms with van der Waals surface area (Å²) in [5.41, 5.74) is 2.02. The molecule has 0 unspecified atom stereocenters. The van der Waals surface area contributed by atoms with Crippen molar-refractivity contribution >= 4 is 24.9 Å². The first-order valence-corrected chi connectivity index (χ1v) is 18.2. The Balaban J connectivity index is 0. The zero-order chi connectivity index (χ0) is 46.1. The van der Waals surface area contributed by atoms with Crippen LogP contribution in [0.15, 0.2) is 92.8 Å². The Hall–Kier alpha value is -5.17. The van der Waals surface area contributed by atoms with Crippen LogP contribution in [-0.2, 0) is 0 Å². The molecule has 0 aliphatic carbocycles. The first-order valence-electron chi connectivity index (χ1n) is 18.2. The van der Waals surface area contributed by atoms with E-state index in [2.05, 4.69) is 30.6 Å². The van der Waals surface area contributed by atoms with Gasteiger partial charge in [-0.1, -0.05) is 71.5 Å². The zero-order valence-electron chi connectivity index (χ0n) is 34.9. The molecule has 0 aliphatic rings. The van der Waals surface area contributed by atoms with Crippen molar-refractivity contribution in [2.45, 2.75) is 0 Å². The molecule has 2 radical (unpaired) electrons. The van der Waals surface area contributed by atoms with Gasteiger partial charge in [0.25, 0.3) is 0 Å². The molecular formula is C40H46Dy2N8O14. The van der Waals surface area contributed by atoms with E-state index in [0.29, 0.717) is 97.6 Å². The number of hydrogen-bond acceptors (Lipinski definition) is 20. The van der Waals surface area contributed by atoms with Gasteiger partial charge in [0.2, 0.25) is 0 Å². The number of aliphatic imine (C=N–C) groups is 4. The van der Waals surface area contributed by atoms with Crippen LogP contribution in [0, 0.1) is 107 Å². The molecule has 0 aromatic heterocycles. The van der Waals surface area contributed by atoms with E-state index in [4.69, 9.17) is 49.6 Å². The molecular weight excluding hydrogens is 1140 g/mol. The third-order valence-corrected chi connectivity index (χ3v) is 7.51. The average Bonchev–Trinajstić information content (AvgIpc) is 3.24. The van der Waals surface area contributed by atoms with Gasteiger partial charge < -0.3 is 80.7 Å². The number of rotatable bonds is 20. The number of hydrogen-bond donors (Lipinski definition) is 2. The maximum atomic E-state index is 11.9. The van der Waals surface area contributed by atoms with Gasteiger partial charge in [0, 0.05) is 51.0 Å². The second-order valence-electron chi connectivity index (χ2n) is 11.6. The summed E-state index contributed by atoms with van der Waals surface area (Å²) >= 11 is 0. The van der Waals surface area contributed by atoms with Gasteiger partial charge >= 0.3 is 76.3 Å². The van der Waals surface area contributed by atoms with Crippen LogP contribution in [-0.4, -0.2) is 116 Å². The van der Waals surface area contributed by atoms with E-state index >= 15 is 0 Å². The molecule has 0 heterocycles. The molecule has 4 aromatic carbocycles. The largest absolute Gasteiger partial charge is 3.00 e. The van der Waals surface area contributed by atoms with E-state index in [-0.39, 0.29) is 99.3 Å². The summed E-state index contributed by atoms with van der Waals surface area (Å²) in [4.78, 5) is 33.4. The Kier molecular flexibility index (Phi) is 35.4. The number of benzene rings is 4. The number of nitrogens with one attached hydrogen (secondary N) is 2. The molecule has 64 heavy (non-hydrogen) atoms. The summed E-state index contributed by atoms with van der Waals surface area (Å²) in [6.45, 7) is 4.82. The van der Waals surface area contributed by atoms with E-state index in [9.17, 15) is 20.4 Å². The summed E-state index contributed by atoms with van der Waals surface area (Å²) in [5, 5.41) is 83.7. The molecule has 350 valence electrons. The molecule has 0 saturated heterocycles. The van der Waals surface area contributed by atoms with Crippen LogP contribution in [0.25, 0.3) is 0 Å². The van der Waals surface area contributed by atoms with Gasteiger partial charge in [-0.15, -0.1) is 0 Å². The van der Waals surface area contributed by atoms with Gasteiger partial charge in [-0.05, 0) is 46.5 Å². The van der Waals surface area contributed by atoms with Crippen molar-refractivity contribution in [3.63, 3.8) is 0 Å². The van der Waals surface area contributed by atoms with Crippen molar-refractivity contribution in [1.82, 2.24) is 10.6 Å². The quantitative estimate of drug-likeness (QED) is 0.0548. The molecule has 0 amide bonds. The minimum Gasteiger partial charge on any atom is -0.870 e. The molecule has 2 N–H and O–H groups in total. The normalized spacial score (nSPS) is 10.3. The molecule has 4 aromatic rings. The van der Waals surface area contributed by atoms with Gasteiger partial charge in [-0.25, -0.2) is 0 Å². The summed E-state index contributed by atoms with van der Waals surface area (Å²) in [7, 11) is 5.87. The maximum Gasteiger partial charge on any atom is 3.00 e. The molecule has 0 fully saturated rings. The fraction of sp³-hybridized carbons (Fsp3) is 0.300. The van der Waals surface area contributed by atoms with Gasteiger partial charge in [0.15, 0.2) is 0 Å². The van der Waals surface area contributed by atoms with Crippen molar-refractivity contribution in [3.8, 4) is 46.0 Å².